The first-order valence-corrected chi connectivity index (χ1v) is 8.70. The second-order valence-electron chi connectivity index (χ2n) is 9.22. The van der Waals surface area contributed by atoms with Crippen LogP contribution < -0.4 is 0 Å². The van der Waals surface area contributed by atoms with E-state index in [1.807, 2.05) is 0 Å². The molecule has 1 fully saturated rings. The SMILES string of the molecule is CC(C)(C)OC(=O)C1C(=O)N(C(=O)OC(C)(C)C)C(=O)N1C(=O)OC(C)(C)C. The van der Waals surface area contributed by atoms with Gasteiger partial charge >= 0.3 is 24.2 Å². The summed E-state index contributed by atoms with van der Waals surface area (Å²) >= 11 is 0. The van der Waals surface area contributed by atoms with Crippen molar-refractivity contribution in [2.75, 3.05) is 0 Å². The van der Waals surface area contributed by atoms with Crippen LogP contribution in [0.2, 0.25) is 0 Å². The molecule has 0 saturated carbocycles. The Morgan fingerprint density at radius 2 is 1.11 bits per heavy atom. The molecule has 0 N–H and O–H groups in total. The number of ether oxygens (including phenoxy) is 3. The van der Waals surface area contributed by atoms with E-state index in [1.54, 1.807) is 41.5 Å². The third kappa shape index (κ3) is 5.93. The summed E-state index contributed by atoms with van der Waals surface area (Å²) in [6, 6.07) is -3.33. The molecule has 28 heavy (non-hydrogen) atoms. The number of carbonyl (C=O) groups excluding carboxylic acids is 5. The molecule has 1 aliphatic rings. The number of hydrogen-bond acceptors (Lipinski definition) is 8. The minimum Gasteiger partial charge on any atom is -0.458 e. The van der Waals surface area contributed by atoms with Crippen molar-refractivity contribution in [2.24, 2.45) is 0 Å². The van der Waals surface area contributed by atoms with Crippen molar-refractivity contribution >= 4 is 30.1 Å². The van der Waals surface area contributed by atoms with Crippen LogP contribution in [0.4, 0.5) is 14.4 Å². The first kappa shape index (κ1) is 23.4. The lowest BCUT2D eigenvalue weighted by atomic mass is 10.2. The first-order valence-electron chi connectivity index (χ1n) is 8.70. The maximum Gasteiger partial charge on any atom is 0.425 e. The van der Waals surface area contributed by atoms with Gasteiger partial charge in [-0.1, -0.05) is 0 Å². The van der Waals surface area contributed by atoms with E-state index < -0.39 is 52.9 Å². The molecule has 1 heterocycles. The quantitative estimate of drug-likeness (QED) is 0.285. The molecule has 0 radical (unpaired) electrons. The van der Waals surface area contributed by atoms with Gasteiger partial charge in [-0.3, -0.25) is 4.79 Å². The molecule has 0 aromatic rings. The molecule has 0 bridgehead atoms. The maximum atomic E-state index is 12.7. The third-order valence-corrected chi connectivity index (χ3v) is 2.91. The monoisotopic (exact) mass is 400 g/mol. The van der Waals surface area contributed by atoms with E-state index in [1.165, 1.54) is 20.8 Å². The largest absolute Gasteiger partial charge is 0.458 e. The molecule has 1 rings (SSSR count). The number of amides is 5. The highest BCUT2D eigenvalue weighted by Gasteiger charge is 2.58. The second kappa shape index (κ2) is 7.40. The fraction of sp³-hybridized carbons (Fsp3) is 0.722. The van der Waals surface area contributed by atoms with Gasteiger partial charge in [-0.25, -0.2) is 24.1 Å². The van der Waals surface area contributed by atoms with Crippen molar-refractivity contribution in [1.29, 1.82) is 0 Å². The fourth-order valence-electron chi connectivity index (χ4n) is 2.08. The number of urea groups is 1. The molecular formula is C18H28N2O8. The lowest BCUT2D eigenvalue weighted by Crippen LogP contribution is -2.49. The number of nitrogens with zero attached hydrogens (tertiary/aromatic N) is 2. The molecule has 0 aliphatic carbocycles. The highest BCUT2D eigenvalue weighted by Crippen LogP contribution is 2.25. The van der Waals surface area contributed by atoms with Gasteiger partial charge in [-0.15, -0.1) is 0 Å². The Morgan fingerprint density at radius 3 is 1.50 bits per heavy atom. The van der Waals surface area contributed by atoms with Crippen molar-refractivity contribution < 1.29 is 38.2 Å². The highest BCUT2D eigenvalue weighted by atomic mass is 16.6. The maximum absolute atomic E-state index is 12.7. The van der Waals surface area contributed by atoms with Crippen molar-refractivity contribution in [2.45, 2.75) is 85.2 Å². The molecule has 1 saturated heterocycles. The van der Waals surface area contributed by atoms with Gasteiger partial charge in [0.2, 0.25) is 6.04 Å². The van der Waals surface area contributed by atoms with Crippen LogP contribution in [-0.2, 0) is 23.8 Å². The molecule has 5 amide bonds. The standard InChI is InChI=1S/C18H28N2O8/c1-16(2,3)26-12(22)10-11(21)20(15(25)28-18(7,8)9)13(23)19(10)14(24)27-17(4,5)6/h10H,1-9H3. The van der Waals surface area contributed by atoms with Gasteiger partial charge in [0.1, 0.15) is 16.8 Å². The van der Waals surface area contributed by atoms with E-state index in [9.17, 15) is 24.0 Å². The first-order chi connectivity index (χ1) is 12.3. The Kier molecular flexibility index (Phi) is 6.18. The van der Waals surface area contributed by atoms with E-state index in [0.717, 1.165) is 0 Å². The summed E-state index contributed by atoms with van der Waals surface area (Å²) in [7, 11) is 0. The molecule has 1 aliphatic heterocycles. The van der Waals surface area contributed by atoms with E-state index in [2.05, 4.69) is 0 Å². The van der Waals surface area contributed by atoms with Crippen LogP contribution >= 0.6 is 0 Å². The smallest absolute Gasteiger partial charge is 0.425 e. The zero-order valence-corrected chi connectivity index (χ0v) is 17.7. The summed E-state index contributed by atoms with van der Waals surface area (Å²) in [5.41, 5.74) is -3.03. The van der Waals surface area contributed by atoms with Gasteiger partial charge in [-0.2, -0.15) is 4.90 Å². The third-order valence-electron chi connectivity index (χ3n) is 2.91. The molecule has 158 valence electrons. The molecule has 0 spiro atoms. The van der Waals surface area contributed by atoms with Crippen LogP contribution in [0.15, 0.2) is 0 Å². The van der Waals surface area contributed by atoms with Crippen molar-refractivity contribution in [3.05, 3.63) is 0 Å². The van der Waals surface area contributed by atoms with Crippen molar-refractivity contribution in [1.82, 2.24) is 9.80 Å². The molecule has 10 nitrogen and oxygen atoms in total. The predicted octanol–water partition coefficient (Wildman–Crippen LogP) is 2.83. The van der Waals surface area contributed by atoms with Crippen molar-refractivity contribution in [3.8, 4) is 0 Å². The Bertz CT molecular complexity index is 648. The number of esters is 1. The average molecular weight is 400 g/mol. The summed E-state index contributed by atoms with van der Waals surface area (Å²) < 4.78 is 15.3. The molecule has 1 unspecified atom stereocenters. The van der Waals surface area contributed by atoms with Gasteiger partial charge in [0.15, 0.2) is 0 Å². The van der Waals surface area contributed by atoms with Gasteiger partial charge < -0.3 is 14.2 Å². The fourth-order valence-corrected chi connectivity index (χ4v) is 2.08. The van der Waals surface area contributed by atoms with E-state index in [0.29, 0.717) is 0 Å². The molecular weight excluding hydrogens is 372 g/mol. The molecule has 0 aromatic carbocycles. The Balaban J connectivity index is 3.32. The minimum atomic E-state index is -1.99. The van der Waals surface area contributed by atoms with Crippen LogP contribution in [0.3, 0.4) is 0 Å². The van der Waals surface area contributed by atoms with E-state index in [4.69, 9.17) is 14.2 Å². The highest BCUT2D eigenvalue weighted by molar-refractivity contribution is 6.25. The lowest BCUT2D eigenvalue weighted by Gasteiger charge is -2.26. The molecule has 10 heteroatoms. The summed E-state index contributed by atoms with van der Waals surface area (Å²) in [6.45, 7) is 13.9. The number of hydrogen-bond donors (Lipinski definition) is 0. The summed E-state index contributed by atoms with van der Waals surface area (Å²) in [5.74, 6) is -2.41. The van der Waals surface area contributed by atoms with Crippen LogP contribution in [0.25, 0.3) is 0 Å². The van der Waals surface area contributed by atoms with Crippen molar-refractivity contribution in [3.63, 3.8) is 0 Å². The Hall–Kier alpha value is -2.65. The van der Waals surface area contributed by atoms with E-state index in [-0.39, 0.29) is 9.80 Å². The summed E-state index contributed by atoms with van der Waals surface area (Å²) in [4.78, 5) is 63.1. The Labute approximate surface area is 164 Å². The van der Waals surface area contributed by atoms with E-state index >= 15 is 0 Å². The van der Waals surface area contributed by atoms with Gasteiger partial charge in [-0.05, 0) is 62.3 Å². The van der Waals surface area contributed by atoms with Crippen LogP contribution in [0, 0.1) is 0 Å². The van der Waals surface area contributed by atoms with Crippen LogP contribution in [0.5, 0.6) is 0 Å². The predicted molar refractivity (Wildman–Crippen MR) is 96.2 cm³/mol. The minimum absolute atomic E-state index is 0.101. The zero-order chi connectivity index (χ0) is 22.2. The normalized spacial score (nSPS) is 18.2. The van der Waals surface area contributed by atoms with Crippen LogP contribution in [0.1, 0.15) is 62.3 Å². The van der Waals surface area contributed by atoms with Crippen LogP contribution in [-0.4, -0.2) is 62.7 Å². The number of imide groups is 4. The van der Waals surface area contributed by atoms with Gasteiger partial charge in [0.25, 0.3) is 5.91 Å². The summed E-state index contributed by atoms with van der Waals surface area (Å²) in [6.07, 6.45) is -2.56. The lowest BCUT2D eigenvalue weighted by molar-refractivity contribution is -0.161. The van der Waals surface area contributed by atoms with Gasteiger partial charge in [0.05, 0.1) is 0 Å². The summed E-state index contributed by atoms with van der Waals surface area (Å²) in [5, 5.41) is 0. The topological polar surface area (TPSA) is 120 Å². The second-order valence-corrected chi connectivity index (χ2v) is 9.22. The average Bonchev–Trinajstić information content (AvgIpc) is 2.63. The molecule has 0 aromatic heterocycles. The number of rotatable bonds is 1. The number of carbonyl (C=O) groups is 5. The zero-order valence-electron chi connectivity index (χ0n) is 17.7. The molecule has 1 atom stereocenters. The Morgan fingerprint density at radius 1 is 0.714 bits per heavy atom. The van der Waals surface area contributed by atoms with Gasteiger partial charge in [0, 0.05) is 0 Å².